The average Bonchev–Trinajstić information content (AvgIpc) is 2.82. The summed E-state index contributed by atoms with van der Waals surface area (Å²) in [5.74, 6) is 0.392. The highest BCUT2D eigenvalue weighted by Crippen LogP contribution is 2.26. The Morgan fingerprint density at radius 3 is 2.79 bits per heavy atom. The fourth-order valence-electron chi connectivity index (χ4n) is 1.99. The molecule has 0 fully saturated rings. The highest BCUT2D eigenvalue weighted by molar-refractivity contribution is 5.34. The topological polar surface area (TPSA) is 64.9 Å². The number of halogens is 1. The second-order valence-corrected chi connectivity index (χ2v) is 4.16. The molecule has 2 aromatic rings. The zero-order chi connectivity index (χ0) is 13.8. The van der Waals surface area contributed by atoms with Crippen LogP contribution in [0.2, 0.25) is 0 Å². The summed E-state index contributed by atoms with van der Waals surface area (Å²) in [7, 11) is 5.03. The smallest absolute Gasteiger partial charge is 0.165 e. The van der Waals surface area contributed by atoms with Crippen molar-refractivity contribution >= 4 is 0 Å². The van der Waals surface area contributed by atoms with E-state index in [9.17, 15) is 4.39 Å². The van der Waals surface area contributed by atoms with Gasteiger partial charge in [0.25, 0.3) is 0 Å². The summed E-state index contributed by atoms with van der Waals surface area (Å²) in [4.78, 5) is 0. The first kappa shape index (κ1) is 13.4. The van der Waals surface area contributed by atoms with Gasteiger partial charge in [-0.3, -0.25) is 0 Å². The van der Waals surface area contributed by atoms with Crippen molar-refractivity contribution in [2.24, 2.45) is 7.05 Å². The molecule has 1 atom stereocenters. The molecule has 1 aromatic heterocycles. The van der Waals surface area contributed by atoms with E-state index in [4.69, 9.17) is 4.74 Å². The van der Waals surface area contributed by atoms with Gasteiger partial charge in [-0.15, -0.1) is 5.10 Å². The first-order valence-corrected chi connectivity index (χ1v) is 5.87. The van der Waals surface area contributed by atoms with Gasteiger partial charge in [-0.1, -0.05) is 6.07 Å². The monoisotopic (exact) mass is 265 g/mol. The number of nitrogens with one attached hydrogen (secondary N) is 1. The number of ether oxygens (including phenoxy) is 1. The van der Waals surface area contributed by atoms with Crippen LogP contribution >= 0.6 is 0 Å². The highest BCUT2D eigenvalue weighted by Gasteiger charge is 2.20. The van der Waals surface area contributed by atoms with Crippen LogP contribution in [0.1, 0.15) is 17.3 Å². The van der Waals surface area contributed by atoms with Crippen LogP contribution in [0, 0.1) is 5.82 Å². The lowest BCUT2D eigenvalue weighted by Gasteiger charge is -2.16. The van der Waals surface area contributed by atoms with Gasteiger partial charge < -0.3 is 10.1 Å². The molecular formula is C12H16FN5O. The Labute approximate surface area is 110 Å². The number of hydrogen-bond donors (Lipinski definition) is 1. The third kappa shape index (κ3) is 2.70. The fraction of sp³-hybridized carbons (Fsp3) is 0.417. The molecule has 1 aromatic carbocycles. The Morgan fingerprint density at radius 1 is 1.47 bits per heavy atom. The Bertz CT molecular complexity index is 557. The Kier molecular flexibility index (Phi) is 4.06. The molecule has 0 saturated carbocycles. The number of likely N-dealkylation sites (N-methyl/N-ethyl adjacent to an activating group) is 1. The van der Waals surface area contributed by atoms with Gasteiger partial charge in [-0.2, -0.15) is 0 Å². The summed E-state index contributed by atoms with van der Waals surface area (Å²) >= 11 is 0. The Hall–Kier alpha value is -2.02. The number of methoxy groups -OCH3 is 1. The molecule has 0 aliphatic heterocycles. The van der Waals surface area contributed by atoms with Crippen molar-refractivity contribution in [3.63, 3.8) is 0 Å². The predicted molar refractivity (Wildman–Crippen MR) is 67.5 cm³/mol. The van der Waals surface area contributed by atoms with Crippen molar-refractivity contribution in [1.29, 1.82) is 0 Å². The number of hydrogen-bond acceptors (Lipinski definition) is 5. The molecule has 0 radical (unpaired) electrons. The van der Waals surface area contributed by atoms with Crippen LogP contribution in [0.5, 0.6) is 5.75 Å². The molecule has 0 bridgehead atoms. The summed E-state index contributed by atoms with van der Waals surface area (Å²) in [5.41, 5.74) is 0.797. The van der Waals surface area contributed by atoms with Crippen LogP contribution in [0.3, 0.4) is 0 Å². The largest absolute Gasteiger partial charge is 0.494 e. The van der Waals surface area contributed by atoms with Gasteiger partial charge in [-0.25, -0.2) is 9.07 Å². The maximum absolute atomic E-state index is 13.8. The van der Waals surface area contributed by atoms with E-state index in [2.05, 4.69) is 20.8 Å². The number of benzene rings is 1. The van der Waals surface area contributed by atoms with Crippen LogP contribution in [0.4, 0.5) is 4.39 Å². The summed E-state index contributed by atoms with van der Waals surface area (Å²) in [6, 6.07) is 4.88. The summed E-state index contributed by atoms with van der Waals surface area (Å²) in [5, 5.41) is 14.5. The summed E-state index contributed by atoms with van der Waals surface area (Å²) in [6.07, 6.45) is 0. The van der Waals surface area contributed by atoms with Gasteiger partial charge in [-0.05, 0) is 35.2 Å². The van der Waals surface area contributed by atoms with Gasteiger partial charge in [0, 0.05) is 13.6 Å². The summed E-state index contributed by atoms with van der Waals surface area (Å²) in [6.45, 7) is 0.611. The maximum atomic E-state index is 13.8. The SMILES string of the molecule is CNCC(c1ccc(OC)c(F)c1)c1nnnn1C. The molecule has 7 heteroatoms. The molecule has 2 rings (SSSR count). The number of aryl methyl sites for hydroxylation is 1. The zero-order valence-electron chi connectivity index (χ0n) is 11.1. The minimum atomic E-state index is -0.392. The van der Waals surface area contributed by atoms with Crippen molar-refractivity contribution in [2.75, 3.05) is 20.7 Å². The van der Waals surface area contributed by atoms with Crippen molar-refractivity contribution in [3.05, 3.63) is 35.4 Å². The van der Waals surface area contributed by atoms with Crippen molar-refractivity contribution < 1.29 is 9.13 Å². The first-order valence-electron chi connectivity index (χ1n) is 5.87. The second-order valence-electron chi connectivity index (χ2n) is 4.16. The Balaban J connectivity index is 2.39. The van der Waals surface area contributed by atoms with E-state index in [0.717, 1.165) is 5.56 Å². The van der Waals surface area contributed by atoms with E-state index in [1.165, 1.54) is 13.2 Å². The van der Waals surface area contributed by atoms with Gasteiger partial charge in [0.05, 0.1) is 13.0 Å². The maximum Gasteiger partial charge on any atom is 0.165 e. The highest BCUT2D eigenvalue weighted by atomic mass is 19.1. The van der Waals surface area contributed by atoms with Crippen molar-refractivity contribution in [1.82, 2.24) is 25.5 Å². The normalized spacial score (nSPS) is 12.4. The van der Waals surface area contributed by atoms with Crippen molar-refractivity contribution in [2.45, 2.75) is 5.92 Å². The van der Waals surface area contributed by atoms with Gasteiger partial charge in [0.1, 0.15) is 0 Å². The molecule has 0 saturated heterocycles. The number of nitrogens with zero attached hydrogens (tertiary/aromatic N) is 4. The van der Waals surface area contributed by atoms with Gasteiger partial charge in [0.2, 0.25) is 0 Å². The molecule has 0 amide bonds. The molecule has 1 N–H and O–H groups in total. The van der Waals surface area contributed by atoms with Gasteiger partial charge in [0.15, 0.2) is 17.4 Å². The van der Waals surface area contributed by atoms with Crippen LogP contribution in [-0.2, 0) is 7.05 Å². The third-order valence-corrected chi connectivity index (χ3v) is 2.95. The molecule has 6 nitrogen and oxygen atoms in total. The van der Waals surface area contributed by atoms with E-state index < -0.39 is 5.82 Å². The molecule has 0 spiro atoms. The lowest BCUT2D eigenvalue weighted by Crippen LogP contribution is -2.21. The number of aromatic nitrogens is 4. The average molecular weight is 265 g/mol. The first-order chi connectivity index (χ1) is 9.17. The van der Waals surface area contributed by atoms with E-state index in [0.29, 0.717) is 12.4 Å². The van der Waals surface area contributed by atoms with Crippen molar-refractivity contribution in [3.8, 4) is 5.75 Å². The molecule has 0 aliphatic rings. The second kappa shape index (κ2) is 5.75. The quantitative estimate of drug-likeness (QED) is 0.862. The molecule has 19 heavy (non-hydrogen) atoms. The van der Waals surface area contributed by atoms with Crippen LogP contribution in [0.15, 0.2) is 18.2 Å². The minimum Gasteiger partial charge on any atom is -0.494 e. The molecule has 1 unspecified atom stereocenters. The molecule has 102 valence electrons. The third-order valence-electron chi connectivity index (χ3n) is 2.95. The van der Waals surface area contributed by atoms with E-state index >= 15 is 0 Å². The fourth-order valence-corrected chi connectivity index (χ4v) is 1.99. The van der Waals surface area contributed by atoms with Crippen LogP contribution in [-0.4, -0.2) is 40.9 Å². The number of rotatable bonds is 5. The molecular weight excluding hydrogens is 249 g/mol. The number of tetrazole rings is 1. The molecule has 1 heterocycles. The lowest BCUT2D eigenvalue weighted by molar-refractivity contribution is 0.386. The zero-order valence-corrected chi connectivity index (χ0v) is 11.1. The standard InChI is InChI=1S/C12H16FN5O/c1-14-7-9(12-15-16-17-18(12)2)8-4-5-11(19-3)10(13)6-8/h4-6,9,14H,7H2,1-3H3. The molecule has 0 aliphatic carbocycles. The van der Waals surface area contributed by atoms with Crippen LogP contribution in [0.25, 0.3) is 0 Å². The summed E-state index contributed by atoms with van der Waals surface area (Å²) < 4.78 is 20.3. The predicted octanol–water partition coefficient (Wildman–Crippen LogP) is 0.709. The Morgan fingerprint density at radius 2 is 2.26 bits per heavy atom. The van der Waals surface area contributed by atoms with Gasteiger partial charge >= 0.3 is 0 Å². The lowest BCUT2D eigenvalue weighted by atomic mass is 9.98. The van der Waals surface area contributed by atoms with E-state index in [1.54, 1.807) is 17.8 Å². The van der Waals surface area contributed by atoms with E-state index in [-0.39, 0.29) is 11.7 Å². The minimum absolute atomic E-state index is 0.120. The van der Waals surface area contributed by atoms with E-state index in [1.807, 2.05) is 13.1 Å². The van der Waals surface area contributed by atoms with Crippen LogP contribution < -0.4 is 10.1 Å².